The third-order valence-electron chi connectivity index (χ3n) is 5.26. The molecule has 2 amide bonds. The number of benzene rings is 1. The zero-order valence-electron chi connectivity index (χ0n) is 14.7. The van der Waals surface area contributed by atoms with Crippen LogP contribution in [0.4, 0.5) is 0 Å². The number of rotatable bonds is 3. The summed E-state index contributed by atoms with van der Waals surface area (Å²) in [4.78, 5) is 27.1. The largest absolute Gasteiger partial charge is 0.352 e. The van der Waals surface area contributed by atoms with Crippen LogP contribution in [0.1, 0.15) is 36.5 Å². The first kappa shape index (κ1) is 19.7. The number of carbonyl (C=O) groups is 2. The summed E-state index contributed by atoms with van der Waals surface area (Å²) in [5.41, 5.74) is 0.698. The third kappa shape index (κ3) is 4.95. The van der Waals surface area contributed by atoms with E-state index in [2.05, 4.69) is 17.6 Å². The maximum absolute atomic E-state index is 12.6. The molecule has 2 aliphatic heterocycles. The Hall–Kier alpha value is -1.59. The van der Waals surface area contributed by atoms with Crippen molar-refractivity contribution in [2.45, 2.75) is 32.2 Å². The highest BCUT2D eigenvalue weighted by Crippen LogP contribution is 2.20. The molecule has 0 aromatic heterocycles. The molecular formula is C19H28ClN3O2. The molecular weight excluding hydrogens is 338 g/mol. The van der Waals surface area contributed by atoms with E-state index in [1.807, 2.05) is 35.2 Å². The molecule has 2 heterocycles. The molecule has 3 rings (SSSR count). The second kappa shape index (κ2) is 9.20. The summed E-state index contributed by atoms with van der Waals surface area (Å²) in [5, 5.41) is 6.54. The van der Waals surface area contributed by atoms with Crippen LogP contribution in [0, 0.1) is 11.8 Å². The first-order valence-electron chi connectivity index (χ1n) is 9.00. The zero-order valence-corrected chi connectivity index (χ0v) is 15.6. The predicted octanol–water partition coefficient (Wildman–Crippen LogP) is 2.07. The molecule has 0 aliphatic carbocycles. The van der Waals surface area contributed by atoms with Crippen LogP contribution in [-0.4, -0.2) is 48.9 Å². The summed E-state index contributed by atoms with van der Waals surface area (Å²) < 4.78 is 0. The minimum atomic E-state index is -0.0967. The normalized spacial score (nSPS) is 26.4. The third-order valence-corrected chi connectivity index (χ3v) is 5.26. The van der Waals surface area contributed by atoms with Gasteiger partial charge in [-0.1, -0.05) is 25.1 Å². The number of piperidine rings is 2. The summed E-state index contributed by atoms with van der Waals surface area (Å²) in [6, 6.07) is 9.52. The number of halogens is 1. The Morgan fingerprint density at radius 1 is 1.20 bits per heavy atom. The van der Waals surface area contributed by atoms with Gasteiger partial charge in [-0.05, 0) is 43.9 Å². The molecule has 3 unspecified atom stereocenters. The molecule has 3 atom stereocenters. The highest BCUT2D eigenvalue weighted by atomic mass is 35.5. The Balaban J connectivity index is 0.00000225. The van der Waals surface area contributed by atoms with Crippen molar-refractivity contribution < 1.29 is 9.59 Å². The molecule has 0 bridgehead atoms. The topological polar surface area (TPSA) is 61.4 Å². The van der Waals surface area contributed by atoms with Gasteiger partial charge in [-0.25, -0.2) is 0 Å². The summed E-state index contributed by atoms with van der Waals surface area (Å²) >= 11 is 0. The summed E-state index contributed by atoms with van der Waals surface area (Å²) in [7, 11) is 0. The number of hydrogen-bond acceptors (Lipinski definition) is 3. The van der Waals surface area contributed by atoms with Gasteiger partial charge in [0, 0.05) is 31.2 Å². The maximum atomic E-state index is 12.6. The first-order chi connectivity index (χ1) is 11.6. The summed E-state index contributed by atoms with van der Waals surface area (Å²) in [5.74, 6) is 0.531. The zero-order chi connectivity index (χ0) is 16.9. The highest BCUT2D eigenvalue weighted by Gasteiger charge is 2.31. The van der Waals surface area contributed by atoms with Gasteiger partial charge in [0.2, 0.25) is 5.91 Å². The van der Waals surface area contributed by atoms with E-state index < -0.39 is 0 Å². The highest BCUT2D eigenvalue weighted by molar-refractivity contribution is 5.94. The van der Waals surface area contributed by atoms with Crippen molar-refractivity contribution in [3.05, 3.63) is 35.9 Å². The summed E-state index contributed by atoms with van der Waals surface area (Å²) in [6.45, 7) is 5.31. The number of carbonyl (C=O) groups excluding carboxylic acids is 2. The van der Waals surface area contributed by atoms with Crippen molar-refractivity contribution in [1.82, 2.24) is 15.5 Å². The van der Waals surface area contributed by atoms with Gasteiger partial charge < -0.3 is 15.5 Å². The Morgan fingerprint density at radius 3 is 2.68 bits per heavy atom. The standard InChI is InChI=1S/C19H27N3O2.ClH/c1-14-9-10-20-12-17(14)21-18(23)16-8-5-11-22(13-16)19(24)15-6-3-2-4-7-15;/h2-4,6-7,14,16-17,20H,5,8-13H2,1H3,(H,21,23);1H. The Kier molecular flexibility index (Phi) is 7.26. The van der Waals surface area contributed by atoms with Crippen LogP contribution in [0.15, 0.2) is 30.3 Å². The lowest BCUT2D eigenvalue weighted by atomic mass is 9.92. The Bertz CT molecular complexity index is 581. The number of amides is 2. The van der Waals surface area contributed by atoms with E-state index in [1.165, 1.54) is 0 Å². The average Bonchev–Trinajstić information content (AvgIpc) is 2.64. The average molecular weight is 366 g/mol. The molecule has 6 heteroatoms. The second-order valence-corrected chi connectivity index (χ2v) is 7.04. The van der Waals surface area contributed by atoms with Gasteiger partial charge >= 0.3 is 0 Å². The molecule has 2 fully saturated rings. The van der Waals surface area contributed by atoms with E-state index in [0.29, 0.717) is 18.0 Å². The van der Waals surface area contributed by atoms with Crippen LogP contribution < -0.4 is 10.6 Å². The fourth-order valence-electron chi connectivity index (χ4n) is 3.62. The Morgan fingerprint density at radius 2 is 1.96 bits per heavy atom. The van der Waals surface area contributed by atoms with E-state index in [9.17, 15) is 9.59 Å². The molecule has 138 valence electrons. The van der Waals surface area contributed by atoms with Crippen LogP contribution >= 0.6 is 12.4 Å². The number of likely N-dealkylation sites (tertiary alicyclic amines) is 1. The van der Waals surface area contributed by atoms with Crippen molar-refractivity contribution in [1.29, 1.82) is 0 Å². The maximum Gasteiger partial charge on any atom is 0.253 e. The quantitative estimate of drug-likeness (QED) is 0.862. The van der Waals surface area contributed by atoms with Crippen molar-refractivity contribution in [2.24, 2.45) is 11.8 Å². The van der Waals surface area contributed by atoms with E-state index in [1.54, 1.807) is 0 Å². The van der Waals surface area contributed by atoms with Crippen LogP contribution in [0.2, 0.25) is 0 Å². The van der Waals surface area contributed by atoms with Gasteiger partial charge in [0.25, 0.3) is 5.91 Å². The van der Waals surface area contributed by atoms with Crippen LogP contribution in [-0.2, 0) is 4.79 Å². The van der Waals surface area contributed by atoms with Gasteiger partial charge in [0.15, 0.2) is 0 Å². The lowest BCUT2D eigenvalue weighted by Crippen LogP contribution is -2.53. The molecule has 0 saturated carbocycles. The SMILES string of the molecule is CC1CCNCC1NC(=O)C1CCCN(C(=O)c2ccccc2)C1.Cl. The molecule has 25 heavy (non-hydrogen) atoms. The van der Waals surface area contributed by atoms with E-state index in [4.69, 9.17) is 0 Å². The molecule has 0 spiro atoms. The summed E-state index contributed by atoms with van der Waals surface area (Å²) in [6.07, 6.45) is 2.84. The van der Waals surface area contributed by atoms with Crippen LogP contribution in [0.25, 0.3) is 0 Å². The molecule has 1 aromatic rings. The predicted molar refractivity (Wildman–Crippen MR) is 101 cm³/mol. The fourth-order valence-corrected chi connectivity index (χ4v) is 3.62. The fraction of sp³-hybridized carbons (Fsp3) is 0.579. The lowest BCUT2D eigenvalue weighted by Gasteiger charge is -2.35. The monoisotopic (exact) mass is 365 g/mol. The van der Waals surface area contributed by atoms with Crippen molar-refractivity contribution in [3.63, 3.8) is 0 Å². The minimum absolute atomic E-state index is 0. The second-order valence-electron chi connectivity index (χ2n) is 7.04. The van der Waals surface area contributed by atoms with E-state index >= 15 is 0 Å². The van der Waals surface area contributed by atoms with Crippen molar-refractivity contribution >= 4 is 24.2 Å². The smallest absolute Gasteiger partial charge is 0.253 e. The molecule has 2 N–H and O–H groups in total. The van der Waals surface area contributed by atoms with Gasteiger partial charge in [-0.15, -0.1) is 12.4 Å². The molecule has 2 saturated heterocycles. The molecule has 2 aliphatic rings. The van der Waals surface area contributed by atoms with Crippen molar-refractivity contribution in [3.8, 4) is 0 Å². The van der Waals surface area contributed by atoms with Crippen molar-refractivity contribution in [2.75, 3.05) is 26.2 Å². The Labute approximate surface area is 155 Å². The van der Waals surface area contributed by atoms with Gasteiger partial charge in [0.05, 0.1) is 5.92 Å². The van der Waals surface area contributed by atoms with E-state index in [-0.39, 0.29) is 36.2 Å². The molecule has 1 aromatic carbocycles. The van der Waals surface area contributed by atoms with E-state index in [0.717, 1.165) is 38.9 Å². The van der Waals surface area contributed by atoms with Crippen LogP contribution in [0.3, 0.4) is 0 Å². The molecule has 5 nitrogen and oxygen atoms in total. The number of nitrogens with zero attached hydrogens (tertiary/aromatic N) is 1. The first-order valence-corrected chi connectivity index (χ1v) is 9.00. The van der Waals surface area contributed by atoms with Gasteiger partial charge in [0.1, 0.15) is 0 Å². The lowest BCUT2D eigenvalue weighted by molar-refractivity contribution is -0.127. The minimum Gasteiger partial charge on any atom is -0.352 e. The molecule has 0 radical (unpaired) electrons. The van der Waals surface area contributed by atoms with Gasteiger partial charge in [-0.2, -0.15) is 0 Å². The van der Waals surface area contributed by atoms with Gasteiger partial charge in [-0.3, -0.25) is 9.59 Å². The van der Waals surface area contributed by atoms with Crippen LogP contribution in [0.5, 0.6) is 0 Å². The number of nitrogens with one attached hydrogen (secondary N) is 2. The number of hydrogen-bond donors (Lipinski definition) is 2.